The monoisotopic (exact) mass is 546 g/mol. The first kappa shape index (κ1) is 28.2. The minimum atomic E-state index is -0.321. The first-order chi connectivity index (χ1) is 19.2. The summed E-state index contributed by atoms with van der Waals surface area (Å²) in [4.78, 5) is 53.5. The van der Waals surface area contributed by atoms with E-state index in [1.54, 1.807) is 36.4 Å². The van der Waals surface area contributed by atoms with Gasteiger partial charge in [0.25, 0.3) is 0 Å². The predicted molar refractivity (Wildman–Crippen MR) is 156 cm³/mol. The summed E-state index contributed by atoms with van der Waals surface area (Å²) >= 11 is 0. The van der Waals surface area contributed by atoms with E-state index in [-0.39, 0.29) is 34.5 Å². The normalized spacial score (nSPS) is 19.4. The van der Waals surface area contributed by atoms with Crippen LogP contribution < -0.4 is 10.6 Å². The lowest BCUT2D eigenvalue weighted by Crippen LogP contribution is -2.49. The minimum absolute atomic E-state index is 0.156. The molecule has 1 aliphatic carbocycles. The molecular formula is C32H42N4O4+2. The van der Waals surface area contributed by atoms with Crippen LogP contribution >= 0.6 is 0 Å². The third-order valence-corrected chi connectivity index (χ3v) is 9.17. The molecule has 2 amide bonds. The first-order valence-electron chi connectivity index (χ1n) is 14.8. The predicted octanol–water partition coefficient (Wildman–Crippen LogP) is 4.38. The van der Waals surface area contributed by atoms with Gasteiger partial charge < -0.3 is 19.6 Å². The van der Waals surface area contributed by atoms with Crippen LogP contribution in [0.15, 0.2) is 36.4 Å². The molecule has 0 spiro atoms. The molecule has 0 saturated carbocycles. The summed E-state index contributed by atoms with van der Waals surface area (Å²) < 4.78 is 1.75. The molecule has 2 N–H and O–H groups in total. The SMILES string of the molecule is C[N+]1(CCC(=O)Nc2ccc(NC(=O)CC[N+]3(C)CCCCC3)c3c2C(=O)c2ccccc2C3=O)CCCCC1. The van der Waals surface area contributed by atoms with Crippen LogP contribution in [0.3, 0.4) is 0 Å². The number of rotatable bonds is 8. The molecule has 3 aliphatic rings. The molecule has 40 heavy (non-hydrogen) atoms. The molecule has 5 rings (SSSR count). The van der Waals surface area contributed by atoms with Crippen LogP contribution in [-0.2, 0) is 9.59 Å². The Kier molecular flexibility index (Phi) is 8.19. The molecule has 8 heteroatoms. The fourth-order valence-electron chi connectivity index (χ4n) is 6.60. The smallest absolute Gasteiger partial charge is 0.230 e. The Balaban J connectivity index is 1.38. The molecule has 2 heterocycles. The maximum Gasteiger partial charge on any atom is 0.230 e. The highest BCUT2D eigenvalue weighted by atomic mass is 16.2. The standard InChI is InChI=1S/C32H40N4O4/c1-35(17-7-3-8-18-35)21-15-27(37)33-25-13-14-26(34-28(38)16-22-36(2)19-9-4-10-20-36)30-29(25)31(39)23-11-5-6-12-24(23)32(30)40/h5-6,11-14H,3-4,7-10,15-22H2,1-2H3/p+2. The van der Waals surface area contributed by atoms with Gasteiger partial charge in [0, 0.05) is 11.1 Å². The van der Waals surface area contributed by atoms with E-state index in [4.69, 9.17) is 0 Å². The van der Waals surface area contributed by atoms with Gasteiger partial charge in [-0.25, -0.2) is 0 Å². The second-order valence-corrected chi connectivity index (χ2v) is 12.4. The molecule has 0 radical (unpaired) electrons. The van der Waals surface area contributed by atoms with Crippen molar-refractivity contribution in [1.29, 1.82) is 0 Å². The van der Waals surface area contributed by atoms with E-state index >= 15 is 0 Å². The van der Waals surface area contributed by atoms with Gasteiger partial charge in [0.05, 0.1) is 88.7 Å². The number of carbonyl (C=O) groups excluding carboxylic acids is 4. The summed E-state index contributed by atoms with van der Waals surface area (Å²) in [6.45, 7) is 5.74. The first-order valence-corrected chi connectivity index (χ1v) is 14.8. The maximum absolute atomic E-state index is 13.7. The molecule has 2 fully saturated rings. The van der Waals surface area contributed by atoms with E-state index in [1.165, 1.54) is 38.5 Å². The number of hydrogen-bond donors (Lipinski definition) is 2. The molecular weight excluding hydrogens is 504 g/mol. The van der Waals surface area contributed by atoms with Gasteiger partial charge in [-0.1, -0.05) is 24.3 Å². The topological polar surface area (TPSA) is 92.3 Å². The van der Waals surface area contributed by atoms with Gasteiger partial charge in [-0.05, 0) is 50.7 Å². The zero-order chi connectivity index (χ0) is 28.3. The number of amides is 2. The van der Waals surface area contributed by atoms with Gasteiger partial charge in [-0.2, -0.15) is 0 Å². The van der Waals surface area contributed by atoms with E-state index < -0.39 is 0 Å². The van der Waals surface area contributed by atoms with Crippen LogP contribution in [-0.4, -0.2) is 85.7 Å². The average Bonchev–Trinajstić information content (AvgIpc) is 2.95. The number of hydrogen-bond acceptors (Lipinski definition) is 4. The van der Waals surface area contributed by atoms with Crippen molar-refractivity contribution in [3.05, 3.63) is 58.7 Å². The molecule has 0 aromatic heterocycles. The van der Waals surface area contributed by atoms with E-state index in [2.05, 4.69) is 24.7 Å². The van der Waals surface area contributed by atoms with E-state index in [0.29, 0.717) is 35.3 Å². The second-order valence-electron chi connectivity index (χ2n) is 12.4. The largest absolute Gasteiger partial charge is 0.326 e. The van der Waals surface area contributed by atoms with E-state index in [1.807, 2.05) is 0 Å². The number of nitrogens with zero attached hydrogens (tertiary/aromatic N) is 2. The molecule has 0 unspecified atom stereocenters. The molecule has 2 aromatic rings. The summed E-state index contributed by atoms with van der Waals surface area (Å²) in [6.07, 6.45) is 7.84. The van der Waals surface area contributed by atoms with E-state index in [9.17, 15) is 19.2 Å². The highest BCUT2D eigenvalue weighted by Gasteiger charge is 2.35. The second kappa shape index (κ2) is 11.6. The number of benzene rings is 2. The number of piperidine rings is 2. The van der Waals surface area contributed by atoms with Gasteiger partial charge in [0.2, 0.25) is 11.8 Å². The minimum Gasteiger partial charge on any atom is -0.326 e. The fraction of sp³-hybridized carbons (Fsp3) is 0.500. The lowest BCUT2D eigenvalue weighted by molar-refractivity contribution is -0.913. The lowest BCUT2D eigenvalue weighted by Gasteiger charge is -2.37. The Hall–Kier alpha value is -3.36. The van der Waals surface area contributed by atoms with Crippen LogP contribution in [0.1, 0.15) is 83.2 Å². The van der Waals surface area contributed by atoms with Crippen molar-refractivity contribution >= 4 is 34.8 Å². The number of anilines is 2. The highest BCUT2D eigenvalue weighted by Crippen LogP contribution is 2.37. The number of fused-ring (bicyclic) bond motifs is 2. The Morgan fingerprint density at radius 2 is 1.00 bits per heavy atom. The number of quaternary nitrogens is 2. The van der Waals surface area contributed by atoms with Crippen molar-refractivity contribution in [1.82, 2.24) is 0 Å². The van der Waals surface area contributed by atoms with Gasteiger partial charge in [0.15, 0.2) is 11.6 Å². The van der Waals surface area contributed by atoms with Crippen molar-refractivity contribution in [2.45, 2.75) is 51.4 Å². The molecule has 2 aromatic carbocycles. The van der Waals surface area contributed by atoms with Crippen molar-refractivity contribution in [3.8, 4) is 0 Å². The Morgan fingerprint density at radius 3 is 1.38 bits per heavy atom. The third kappa shape index (κ3) is 6.03. The van der Waals surface area contributed by atoms with Crippen molar-refractivity contribution in [2.75, 3.05) is 64.0 Å². The molecule has 0 atom stereocenters. The van der Waals surface area contributed by atoms with E-state index in [0.717, 1.165) is 48.2 Å². The zero-order valence-electron chi connectivity index (χ0n) is 23.9. The maximum atomic E-state index is 13.7. The molecule has 212 valence electrons. The molecule has 0 bridgehead atoms. The molecule has 8 nitrogen and oxygen atoms in total. The van der Waals surface area contributed by atoms with Crippen molar-refractivity contribution in [2.24, 2.45) is 0 Å². The van der Waals surface area contributed by atoms with Crippen LogP contribution in [0.5, 0.6) is 0 Å². The number of carbonyl (C=O) groups is 4. The van der Waals surface area contributed by atoms with Crippen LogP contribution in [0.25, 0.3) is 0 Å². The van der Waals surface area contributed by atoms with Crippen LogP contribution in [0.2, 0.25) is 0 Å². The Bertz CT molecular complexity index is 1220. The third-order valence-electron chi connectivity index (χ3n) is 9.17. The summed E-state index contributed by atoms with van der Waals surface area (Å²) in [6, 6.07) is 10.0. The Labute approximate surface area is 236 Å². The summed E-state index contributed by atoms with van der Waals surface area (Å²) in [5.74, 6) is -1.00. The summed E-state index contributed by atoms with van der Waals surface area (Å²) in [7, 11) is 4.39. The van der Waals surface area contributed by atoms with Gasteiger partial charge in [-0.3, -0.25) is 19.2 Å². The summed E-state index contributed by atoms with van der Waals surface area (Å²) in [5, 5.41) is 5.85. The fourth-order valence-corrected chi connectivity index (χ4v) is 6.60. The molecule has 2 saturated heterocycles. The zero-order valence-corrected chi connectivity index (χ0v) is 23.9. The highest BCUT2D eigenvalue weighted by molar-refractivity contribution is 6.32. The number of nitrogens with one attached hydrogen (secondary N) is 2. The number of likely N-dealkylation sites (tertiary alicyclic amines) is 2. The number of ketones is 2. The van der Waals surface area contributed by atoms with Crippen molar-refractivity contribution in [3.63, 3.8) is 0 Å². The summed E-state index contributed by atoms with van der Waals surface area (Å²) in [5.41, 5.74) is 1.57. The Morgan fingerprint density at radius 1 is 0.625 bits per heavy atom. The van der Waals surface area contributed by atoms with Crippen LogP contribution in [0.4, 0.5) is 11.4 Å². The van der Waals surface area contributed by atoms with Gasteiger partial charge in [-0.15, -0.1) is 0 Å². The van der Waals surface area contributed by atoms with Crippen LogP contribution in [0, 0.1) is 0 Å². The lowest BCUT2D eigenvalue weighted by atomic mass is 9.82. The van der Waals surface area contributed by atoms with Gasteiger partial charge >= 0.3 is 0 Å². The average molecular weight is 547 g/mol. The molecule has 2 aliphatic heterocycles. The van der Waals surface area contributed by atoms with Crippen molar-refractivity contribution < 1.29 is 28.1 Å². The van der Waals surface area contributed by atoms with Gasteiger partial charge in [0.1, 0.15) is 0 Å². The quantitative estimate of drug-likeness (QED) is 0.410.